The molecular formula is C18H15NO5S. The number of rotatable bonds is 2. The fourth-order valence-corrected chi connectivity index (χ4v) is 4.26. The molecule has 0 aliphatic carbocycles. The van der Waals surface area contributed by atoms with Gasteiger partial charge in [0, 0.05) is 11.6 Å². The van der Waals surface area contributed by atoms with Crippen LogP contribution >= 0.6 is 0 Å². The van der Waals surface area contributed by atoms with Gasteiger partial charge in [-0.3, -0.25) is 9.10 Å². The Labute approximate surface area is 145 Å². The molecule has 2 aromatic rings. The third-order valence-corrected chi connectivity index (χ3v) is 5.92. The minimum Gasteiger partial charge on any atom is -0.454 e. The van der Waals surface area contributed by atoms with Crippen molar-refractivity contribution in [2.75, 3.05) is 17.6 Å². The number of sulfonamides is 1. The van der Waals surface area contributed by atoms with Crippen LogP contribution in [0.15, 0.2) is 47.4 Å². The van der Waals surface area contributed by atoms with E-state index in [1.165, 1.54) is 6.08 Å². The Kier molecular flexibility index (Phi) is 3.54. The van der Waals surface area contributed by atoms with Gasteiger partial charge < -0.3 is 9.47 Å². The molecule has 0 spiro atoms. The molecule has 0 saturated carbocycles. The lowest BCUT2D eigenvalue weighted by molar-refractivity contribution is -0.113. The first kappa shape index (κ1) is 15.7. The number of benzene rings is 2. The lowest BCUT2D eigenvalue weighted by Crippen LogP contribution is -2.35. The zero-order chi connectivity index (χ0) is 17.6. The van der Waals surface area contributed by atoms with E-state index in [0.29, 0.717) is 22.7 Å². The van der Waals surface area contributed by atoms with Crippen molar-refractivity contribution < 1.29 is 22.7 Å². The first-order valence-corrected chi connectivity index (χ1v) is 9.13. The van der Waals surface area contributed by atoms with Crippen molar-refractivity contribution in [3.8, 4) is 11.5 Å². The van der Waals surface area contributed by atoms with Crippen LogP contribution in [0.3, 0.4) is 0 Å². The van der Waals surface area contributed by atoms with E-state index in [4.69, 9.17) is 9.47 Å². The SMILES string of the molecule is Cc1ccc(S(=O)(=O)N2CC(=O)C=Cc3cc4c(cc32)OCO4)cc1. The van der Waals surface area contributed by atoms with E-state index < -0.39 is 10.0 Å². The summed E-state index contributed by atoms with van der Waals surface area (Å²) < 4.78 is 38.1. The minimum absolute atomic E-state index is 0.0889. The molecule has 0 unspecified atom stereocenters. The second kappa shape index (κ2) is 5.63. The summed E-state index contributed by atoms with van der Waals surface area (Å²) in [4.78, 5) is 12.2. The number of hydrogen-bond acceptors (Lipinski definition) is 5. The van der Waals surface area contributed by atoms with Crippen LogP contribution in [0.2, 0.25) is 0 Å². The topological polar surface area (TPSA) is 72.9 Å². The van der Waals surface area contributed by atoms with Gasteiger partial charge in [0.05, 0.1) is 17.1 Å². The summed E-state index contributed by atoms with van der Waals surface area (Å²) >= 11 is 0. The molecule has 0 aromatic heterocycles. The Morgan fingerprint density at radius 2 is 1.68 bits per heavy atom. The highest BCUT2D eigenvalue weighted by atomic mass is 32.2. The summed E-state index contributed by atoms with van der Waals surface area (Å²) in [5, 5.41) is 0. The van der Waals surface area contributed by atoms with Crippen molar-refractivity contribution in [3.63, 3.8) is 0 Å². The molecule has 0 saturated heterocycles. The Morgan fingerprint density at radius 3 is 2.40 bits per heavy atom. The third-order valence-electron chi connectivity index (χ3n) is 4.15. The predicted molar refractivity (Wildman–Crippen MR) is 92.3 cm³/mol. The summed E-state index contributed by atoms with van der Waals surface area (Å²) in [5.74, 6) is 0.699. The van der Waals surface area contributed by atoms with Crippen molar-refractivity contribution in [2.24, 2.45) is 0 Å². The van der Waals surface area contributed by atoms with Crippen LogP contribution in [-0.4, -0.2) is 27.5 Å². The second-order valence-corrected chi connectivity index (χ2v) is 7.75. The molecule has 0 radical (unpaired) electrons. The Morgan fingerprint density at radius 1 is 1.00 bits per heavy atom. The van der Waals surface area contributed by atoms with Crippen LogP contribution in [-0.2, 0) is 14.8 Å². The number of hydrogen-bond donors (Lipinski definition) is 0. The molecule has 4 rings (SSSR count). The molecule has 7 heteroatoms. The van der Waals surface area contributed by atoms with Crippen molar-refractivity contribution in [3.05, 3.63) is 53.6 Å². The summed E-state index contributed by atoms with van der Waals surface area (Å²) in [5.41, 5.74) is 1.94. The highest BCUT2D eigenvalue weighted by molar-refractivity contribution is 7.92. The fraction of sp³-hybridized carbons (Fsp3) is 0.167. The van der Waals surface area contributed by atoms with Gasteiger partial charge in [0.2, 0.25) is 6.79 Å². The largest absolute Gasteiger partial charge is 0.454 e. The smallest absolute Gasteiger partial charge is 0.264 e. The maximum absolute atomic E-state index is 13.1. The highest BCUT2D eigenvalue weighted by Crippen LogP contribution is 2.41. The molecule has 0 atom stereocenters. The molecule has 128 valence electrons. The average Bonchev–Trinajstić information content (AvgIpc) is 2.97. The lowest BCUT2D eigenvalue weighted by Gasteiger charge is -2.24. The number of ether oxygens (including phenoxy) is 2. The van der Waals surface area contributed by atoms with E-state index >= 15 is 0 Å². The van der Waals surface area contributed by atoms with E-state index in [2.05, 4.69) is 0 Å². The van der Waals surface area contributed by atoms with Crippen LogP contribution in [0.25, 0.3) is 6.08 Å². The van der Waals surface area contributed by atoms with Crippen LogP contribution in [0.1, 0.15) is 11.1 Å². The number of anilines is 1. The molecule has 0 N–H and O–H groups in total. The minimum atomic E-state index is -3.89. The maximum atomic E-state index is 13.1. The molecule has 0 bridgehead atoms. The van der Waals surface area contributed by atoms with Gasteiger partial charge in [0.1, 0.15) is 0 Å². The van der Waals surface area contributed by atoms with Crippen LogP contribution < -0.4 is 13.8 Å². The van der Waals surface area contributed by atoms with Gasteiger partial charge in [0.15, 0.2) is 17.3 Å². The number of ketones is 1. The molecule has 2 heterocycles. The number of nitrogens with zero attached hydrogens (tertiary/aromatic N) is 1. The van der Waals surface area contributed by atoms with Gasteiger partial charge in [-0.05, 0) is 37.3 Å². The summed E-state index contributed by atoms with van der Waals surface area (Å²) in [6.45, 7) is 1.71. The zero-order valence-corrected chi connectivity index (χ0v) is 14.2. The molecule has 2 aliphatic rings. The van der Waals surface area contributed by atoms with Gasteiger partial charge >= 0.3 is 0 Å². The number of carbonyl (C=O) groups is 1. The fourth-order valence-electron chi connectivity index (χ4n) is 2.81. The molecule has 2 aliphatic heterocycles. The van der Waals surface area contributed by atoms with E-state index in [-0.39, 0.29) is 24.0 Å². The van der Waals surface area contributed by atoms with Gasteiger partial charge in [-0.25, -0.2) is 8.42 Å². The van der Waals surface area contributed by atoms with Crippen molar-refractivity contribution in [1.82, 2.24) is 0 Å². The lowest BCUT2D eigenvalue weighted by atomic mass is 10.1. The van der Waals surface area contributed by atoms with Crippen LogP contribution in [0.5, 0.6) is 11.5 Å². The summed E-state index contributed by atoms with van der Waals surface area (Å²) in [7, 11) is -3.89. The normalized spacial score (nSPS) is 15.9. The van der Waals surface area contributed by atoms with Crippen LogP contribution in [0.4, 0.5) is 5.69 Å². The standard InChI is InChI=1S/C18H15NO5S/c1-12-2-6-15(7-3-12)25(21,22)19-10-14(20)5-4-13-8-17-18(9-16(13)19)24-11-23-17/h2-9H,10-11H2,1H3. The Bertz CT molecular complexity index is 993. The monoisotopic (exact) mass is 357 g/mol. The van der Waals surface area contributed by atoms with Gasteiger partial charge in [0.25, 0.3) is 10.0 Å². The summed E-state index contributed by atoms with van der Waals surface area (Å²) in [6.07, 6.45) is 2.98. The number of carbonyl (C=O) groups excluding carboxylic acids is 1. The molecule has 2 aromatic carbocycles. The van der Waals surface area contributed by atoms with Gasteiger partial charge in [-0.1, -0.05) is 17.7 Å². The number of aryl methyl sites for hydroxylation is 1. The van der Waals surface area contributed by atoms with Crippen LogP contribution in [0, 0.1) is 6.92 Å². The predicted octanol–water partition coefficient (Wildman–Crippen LogP) is 2.51. The molecule has 6 nitrogen and oxygen atoms in total. The Hall–Kier alpha value is -2.80. The summed E-state index contributed by atoms with van der Waals surface area (Å²) in [6, 6.07) is 9.83. The first-order chi connectivity index (χ1) is 11.9. The molecular weight excluding hydrogens is 342 g/mol. The van der Waals surface area contributed by atoms with Gasteiger partial charge in [-0.2, -0.15) is 0 Å². The number of fused-ring (bicyclic) bond motifs is 2. The third kappa shape index (κ3) is 2.66. The van der Waals surface area contributed by atoms with Gasteiger partial charge in [-0.15, -0.1) is 0 Å². The Balaban J connectivity index is 1.88. The molecule has 0 amide bonds. The van der Waals surface area contributed by atoms with Crippen molar-refractivity contribution in [2.45, 2.75) is 11.8 Å². The quantitative estimate of drug-likeness (QED) is 0.826. The maximum Gasteiger partial charge on any atom is 0.264 e. The second-order valence-electron chi connectivity index (χ2n) is 5.89. The van der Waals surface area contributed by atoms with E-state index in [0.717, 1.165) is 9.87 Å². The van der Waals surface area contributed by atoms with E-state index in [9.17, 15) is 13.2 Å². The molecule has 0 fully saturated rings. The van der Waals surface area contributed by atoms with Crippen molar-refractivity contribution >= 4 is 27.6 Å². The average molecular weight is 357 g/mol. The van der Waals surface area contributed by atoms with Crippen molar-refractivity contribution in [1.29, 1.82) is 0 Å². The zero-order valence-electron chi connectivity index (χ0n) is 13.4. The van der Waals surface area contributed by atoms with E-state index in [1.807, 2.05) is 6.92 Å². The molecule has 25 heavy (non-hydrogen) atoms. The van der Waals surface area contributed by atoms with E-state index in [1.54, 1.807) is 42.5 Å². The first-order valence-electron chi connectivity index (χ1n) is 7.69. The highest BCUT2D eigenvalue weighted by Gasteiger charge is 2.31.